The fraction of sp³-hybridized carbons (Fsp3) is 0.308. The minimum absolute atomic E-state index is 0.0111. The highest BCUT2D eigenvalue weighted by Crippen LogP contribution is 2.42. The third-order valence-corrected chi connectivity index (χ3v) is 8.56. The van der Waals surface area contributed by atoms with Crippen LogP contribution in [-0.2, 0) is 15.4 Å². The molecule has 0 bridgehead atoms. The van der Waals surface area contributed by atoms with Gasteiger partial charge in [0.2, 0.25) is 5.95 Å². The number of para-hydroxylation sites is 1. The standard InChI is InChI=1S/C26H24F2N5O3S/c1-35-37-10-8-32(9-11-37)26-29-13-17(14-30-26)16-6-7-22-31-23-20(34)12-19(24(23)33(22)15-16)18-4-2-3-5-21(18)36-25(27)28/h2-7,13-15,19,25H,8-12H2,1H3/q+1/t19-/m1/s1. The Balaban J connectivity index is 1.33. The topological polar surface area (TPSA) is 81.9 Å². The number of hydrogen-bond donors (Lipinski definition) is 0. The lowest BCUT2D eigenvalue weighted by Crippen LogP contribution is -2.41. The monoisotopic (exact) mass is 524 g/mol. The Morgan fingerprint density at radius 2 is 1.81 bits per heavy atom. The highest BCUT2D eigenvalue weighted by molar-refractivity contribution is 7.92. The number of ketones is 1. The van der Waals surface area contributed by atoms with Gasteiger partial charge in [0.05, 0.1) is 25.9 Å². The van der Waals surface area contributed by atoms with E-state index in [2.05, 4.69) is 19.9 Å². The van der Waals surface area contributed by atoms with Crippen molar-refractivity contribution in [3.05, 3.63) is 71.9 Å². The molecule has 0 unspecified atom stereocenters. The lowest BCUT2D eigenvalue weighted by molar-refractivity contribution is -0.0505. The predicted octanol–water partition coefficient (Wildman–Crippen LogP) is 4.11. The molecule has 1 aromatic carbocycles. The Morgan fingerprint density at radius 1 is 1.05 bits per heavy atom. The van der Waals surface area contributed by atoms with Gasteiger partial charge in [-0.1, -0.05) is 18.2 Å². The first kappa shape index (κ1) is 23.8. The molecule has 3 aromatic heterocycles. The van der Waals surface area contributed by atoms with Crippen molar-refractivity contribution in [3.8, 4) is 16.9 Å². The average molecular weight is 525 g/mol. The van der Waals surface area contributed by atoms with Gasteiger partial charge in [0.15, 0.2) is 17.3 Å². The predicted molar refractivity (Wildman–Crippen MR) is 136 cm³/mol. The lowest BCUT2D eigenvalue weighted by Gasteiger charge is -2.25. The van der Waals surface area contributed by atoms with Gasteiger partial charge in [0.1, 0.15) is 28.3 Å². The molecule has 1 atom stereocenters. The van der Waals surface area contributed by atoms with Gasteiger partial charge in [-0.25, -0.2) is 15.0 Å². The van der Waals surface area contributed by atoms with Crippen LogP contribution in [0.2, 0.25) is 0 Å². The molecular weight excluding hydrogens is 500 g/mol. The molecule has 37 heavy (non-hydrogen) atoms. The molecule has 1 aliphatic heterocycles. The number of alkyl halides is 2. The van der Waals surface area contributed by atoms with E-state index in [0.717, 1.165) is 35.7 Å². The van der Waals surface area contributed by atoms with Crippen LogP contribution in [0.1, 0.15) is 34.1 Å². The Kier molecular flexibility index (Phi) is 6.25. The number of halogens is 2. The number of carbonyl (C=O) groups excluding carboxylic acids is 1. The minimum Gasteiger partial charge on any atom is -0.435 e. The molecule has 4 aromatic rings. The van der Waals surface area contributed by atoms with Crippen molar-refractivity contribution in [1.82, 2.24) is 19.4 Å². The largest absolute Gasteiger partial charge is 0.435 e. The Morgan fingerprint density at radius 3 is 2.54 bits per heavy atom. The lowest BCUT2D eigenvalue weighted by atomic mass is 9.95. The van der Waals surface area contributed by atoms with Crippen LogP contribution in [0.25, 0.3) is 16.8 Å². The van der Waals surface area contributed by atoms with Gasteiger partial charge in [0.25, 0.3) is 0 Å². The number of nitrogens with zero attached hydrogens (tertiary/aromatic N) is 5. The smallest absolute Gasteiger partial charge is 0.387 e. The van der Waals surface area contributed by atoms with Gasteiger partial charge in [-0.3, -0.25) is 4.79 Å². The van der Waals surface area contributed by atoms with Crippen LogP contribution in [0.5, 0.6) is 5.75 Å². The van der Waals surface area contributed by atoms with Gasteiger partial charge in [-0.15, -0.1) is 0 Å². The Labute approximate surface area is 214 Å². The third kappa shape index (κ3) is 4.42. The fourth-order valence-corrected chi connectivity index (χ4v) is 6.40. The number of anilines is 1. The summed E-state index contributed by atoms with van der Waals surface area (Å²) in [5, 5.41) is 0. The van der Waals surface area contributed by atoms with Crippen molar-refractivity contribution >= 4 is 28.6 Å². The summed E-state index contributed by atoms with van der Waals surface area (Å²) in [7, 11) is 1.75. The molecule has 4 heterocycles. The van der Waals surface area contributed by atoms with Crippen molar-refractivity contribution in [2.45, 2.75) is 19.0 Å². The van der Waals surface area contributed by atoms with Gasteiger partial charge in [-0.05, 0) is 18.2 Å². The van der Waals surface area contributed by atoms with Crippen LogP contribution in [0.4, 0.5) is 14.7 Å². The van der Waals surface area contributed by atoms with E-state index in [1.54, 1.807) is 37.7 Å². The Hall–Kier alpha value is -3.57. The second-order valence-corrected chi connectivity index (χ2v) is 10.9. The molecule has 0 radical (unpaired) electrons. The molecule has 0 N–H and O–H groups in total. The maximum Gasteiger partial charge on any atom is 0.387 e. The van der Waals surface area contributed by atoms with E-state index in [9.17, 15) is 13.6 Å². The van der Waals surface area contributed by atoms with Crippen LogP contribution in [0, 0.1) is 0 Å². The number of imidazole rings is 1. The van der Waals surface area contributed by atoms with Crippen LogP contribution in [0.3, 0.4) is 0 Å². The number of rotatable bonds is 6. The summed E-state index contributed by atoms with van der Waals surface area (Å²) < 4.78 is 38.2. The summed E-state index contributed by atoms with van der Waals surface area (Å²) in [6, 6.07) is 10.3. The number of hydrogen-bond acceptors (Lipinski definition) is 7. The summed E-state index contributed by atoms with van der Waals surface area (Å²) in [5.74, 6) is 2.12. The first-order chi connectivity index (χ1) is 18.0. The summed E-state index contributed by atoms with van der Waals surface area (Å²) in [5.41, 5.74) is 3.86. The van der Waals surface area contributed by atoms with Gasteiger partial charge in [-0.2, -0.15) is 13.0 Å². The van der Waals surface area contributed by atoms with Gasteiger partial charge in [0, 0.05) is 47.6 Å². The number of carbonyl (C=O) groups is 1. The highest BCUT2D eigenvalue weighted by atomic mass is 32.2. The van der Waals surface area contributed by atoms with Crippen LogP contribution >= 0.6 is 0 Å². The van der Waals surface area contributed by atoms with Crippen molar-refractivity contribution < 1.29 is 22.5 Å². The maximum absolute atomic E-state index is 13.0. The van der Waals surface area contributed by atoms with Crippen molar-refractivity contribution in [1.29, 1.82) is 0 Å². The molecule has 11 heteroatoms. The number of ether oxygens (including phenoxy) is 1. The number of aromatic nitrogens is 4. The van der Waals surface area contributed by atoms with E-state index in [-0.39, 0.29) is 29.1 Å². The first-order valence-electron chi connectivity index (χ1n) is 11.9. The van der Waals surface area contributed by atoms with Crippen LogP contribution < -0.4 is 9.64 Å². The summed E-state index contributed by atoms with van der Waals surface area (Å²) in [6.07, 6.45) is 5.62. The van der Waals surface area contributed by atoms with E-state index >= 15 is 0 Å². The molecule has 6 rings (SSSR count). The fourth-order valence-electron chi connectivity index (χ4n) is 5.02. The van der Waals surface area contributed by atoms with E-state index in [1.165, 1.54) is 6.07 Å². The second kappa shape index (κ2) is 9.71. The maximum atomic E-state index is 13.0. The molecule has 1 aliphatic carbocycles. The second-order valence-electron chi connectivity index (χ2n) is 8.86. The number of pyridine rings is 1. The summed E-state index contributed by atoms with van der Waals surface area (Å²) in [6.45, 7) is -1.24. The quantitative estimate of drug-likeness (QED) is 0.351. The molecule has 8 nitrogen and oxygen atoms in total. The number of benzene rings is 1. The zero-order valence-corrected chi connectivity index (χ0v) is 20.8. The number of fused-ring (bicyclic) bond motifs is 3. The zero-order valence-electron chi connectivity index (χ0n) is 20.0. The molecule has 190 valence electrons. The normalized spacial score (nSPS) is 18.1. The number of Topliss-reactive ketones (excluding diaryl/α,β-unsaturated/α-hetero) is 1. The van der Waals surface area contributed by atoms with E-state index in [4.69, 9.17) is 8.92 Å². The van der Waals surface area contributed by atoms with Crippen molar-refractivity contribution in [2.75, 3.05) is 36.6 Å². The summed E-state index contributed by atoms with van der Waals surface area (Å²) >= 11 is 0.0111. The molecule has 1 saturated heterocycles. The van der Waals surface area contributed by atoms with Gasteiger partial charge >= 0.3 is 6.61 Å². The summed E-state index contributed by atoms with van der Waals surface area (Å²) in [4.78, 5) is 28.7. The first-order valence-corrected chi connectivity index (χ1v) is 13.4. The molecule has 1 fully saturated rings. The third-order valence-electron chi connectivity index (χ3n) is 6.82. The molecule has 0 amide bonds. The average Bonchev–Trinajstić information content (AvgIpc) is 3.46. The van der Waals surface area contributed by atoms with E-state index in [0.29, 0.717) is 28.5 Å². The van der Waals surface area contributed by atoms with Crippen LogP contribution in [-0.4, -0.2) is 63.5 Å². The zero-order chi connectivity index (χ0) is 25.5. The van der Waals surface area contributed by atoms with Crippen molar-refractivity contribution in [2.24, 2.45) is 0 Å². The van der Waals surface area contributed by atoms with Crippen molar-refractivity contribution in [3.63, 3.8) is 0 Å². The Bertz CT molecular complexity index is 1450. The highest BCUT2D eigenvalue weighted by Gasteiger charge is 2.37. The molecular formula is C26H24F2N5O3S+. The van der Waals surface area contributed by atoms with E-state index < -0.39 is 12.5 Å². The van der Waals surface area contributed by atoms with E-state index in [1.807, 2.05) is 22.7 Å². The van der Waals surface area contributed by atoms with Gasteiger partial charge < -0.3 is 14.0 Å². The molecule has 0 spiro atoms. The molecule has 0 saturated carbocycles. The SMILES string of the molecule is CO[S+]1CCN(c2ncc(-c3ccc4nc5c(n4c3)[C@@H](c3ccccc3OC(F)F)CC5=O)cn2)CC1. The van der Waals surface area contributed by atoms with Crippen LogP contribution in [0.15, 0.2) is 55.0 Å². The molecule has 2 aliphatic rings. The minimum atomic E-state index is -2.96.